The summed E-state index contributed by atoms with van der Waals surface area (Å²) in [6, 6.07) is 11.2. The van der Waals surface area contributed by atoms with Crippen molar-refractivity contribution >= 4 is 17.8 Å². The number of aryl methyl sites for hydroxylation is 1. The molecule has 3 aliphatic rings. The average molecular weight is 612 g/mol. The van der Waals surface area contributed by atoms with E-state index in [-0.39, 0.29) is 12.1 Å². The van der Waals surface area contributed by atoms with Gasteiger partial charge in [-0.05, 0) is 78.3 Å². The Morgan fingerprint density at radius 2 is 1.80 bits per heavy atom. The number of nitrogens with two attached hydrogens (primary N) is 1. The van der Waals surface area contributed by atoms with Crippen LogP contribution in [0, 0.1) is 6.92 Å². The fourth-order valence-electron chi connectivity index (χ4n) is 6.96. The van der Waals surface area contributed by atoms with Crippen molar-refractivity contribution in [3.63, 3.8) is 0 Å². The number of amides is 1. The van der Waals surface area contributed by atoms with Gasteiger partial charge in [-0.3, -0.25) is 14.6 Å². The Morgan fingerprint density at radius 3 is 2.44 bits per heavy atom. The van der Waals surface area contributed by atoms with E-state index >= 15 is 0 Å². The summed E-state index contributed by atoms with van der Waals surface area (Å²) < 4.78 is 6.59. The molecule has 2 heterocycles. The van der Waals surface area contributed by atoms with Gasteiger partial charge in [0.25, 0.3) is 0 Å². The van der Waals surface area contributed by atoms with E-state index in [0.717, 1.165) is 67.4 Å². The largest absolute Gasteiger partial charge is 0.489 e. The van der Waals surface area contributed by atoms with Crippen LogP contribution in [-0.4, -0.2) is 67.0 Å². The Morgan fingerprint density at radius 1 is 1.07 bits per heavy atom. The number of primary amides is 1. The lowest BCUT2D eigenvalue weighted by Crippen LogP contribution is -2.54. The Kier molecular flexibility index (Phi) is 10.2. The van der Waals surface area contributed by atoms with Crippen LogP contribution in [-0.2, 0) is 4.79 Å². The normalized spacial score (nSPS) is 21.0. The number of nitrogens with zero attached hydrogens (tertiary/aromatic N) is 3. The van der Waals surface area contributed by atoms with Crippen LogP contribution in [0.1, 0.15) is 112 Å². The van der Waals surface area contributed by atoms with Crippen molar-refractivity contribution in [1.82, 2.24) is 15.1 Å². The number of fused-ring (bicyclic) bond motifs is 1. The second kappa shape index (κ2) is 13.9. The molecule has 45 heavy (non-hydrogen) atoms. The first-order valence-corrected chi connectivity index (χ1v) is 16.9. The quantitative estimate of drug-likeness (QED) is 0.313. The number of carbonyl (C=O) groups is 1. The molecule has 2 atom stereocenters. The highest BCUT2D eigenvalue weighted by atomic mass is 16.5. The highest BCUT2D eigenvalue weighted by Gasteiger charge is 2.34. The second-order valence-electron chi connectivity index (χ2n) is 13.8. The minimum Gasteiger partial charge on any atom is -0.489 e. The summed E-state index contributed by atoms with van der Waals surface area (Å²) >= 11 is 0. The van der Waals surface area contributed by atoms with E-state index in [1.807, 2.05) is 0 Å². The average Bonchev–Trinajstić information content (AvgIpc) is 3.00. The molecule has 242 valence electrons. The molecule has 7 nitrogen and oxygen atoms in total. The van der Waals surface area contributed by atoms with Gasteiger partial charge in [-0.15, -0.1) is 0 Å². The van der Waals surface area contributed by atoms with Crippen molar-refractivity contribution in [2.24, 2.45) is 10.7 Å². The molecule has 0 spiro atoms. The van der Waals surface area contributed by atoms with Gasteiger partial charge >= 0.3 is 0 Å². The molecule has 0 radical (unpaired) electrons. The maximum atomic E-state index is 11.6. The zero-order chi connectivity index (χ0) is 32.4. The van der Waals surface area contributed by atoms with Gasteiger partial charge in [0.1, 0.15) is 24.4 Å². The molecule has 1 saturated heterocycles. The maximum absolute atomic E-state index is 11.6. The lowest BCUT2D eigenvalue weighted by atomic mass is 9.78. The van der Waals surface area contributed by atoms with Crippen LogP contribution in [0.2, 0.25) is 0 Å². The Labute approximate surface area is 270 Å². The standard InChI is InChI=1S/C38H53N5O2/c1-9-28-18-26(7)31-13-12-30(24(4)5)36(32(31)19-28)37-40-27(8)33(22-45-34-20-29(23(2)3)11-10-25(34)6)38(41-37)43-16-14-42(15-17-43)21-35(39)44/h10-13,19-20,23-24,26,38H,9,14-18,21-22H2,1-8H3,(H2,39,44)(H,40,41)/t26-,38?/m1/s1. The van der Waals surface area contributed by atoms with E-state index in [1.54, 1.807) is 0 Å². The summed E-state index contributed by atoms with van der Waals surface area (Å²) in [5.74, 6) is 2.85. The number of rotatable bonds is 10. The number of allylic oxidation sites excluding steroid dienone is 2. The summed E-state index contributed by atoms with van der Waals surface area (Å²) in [4.78, 5) is 21.8. The summed E-state index contributed by atoms with van der Waals surface area (Å²) in [6.07, 6.45) is 4.43. The van der Waals surface area contributed by atoms with Gasteiger partial charge < -0.3 is 15.8 Å². The zero-order valence-corrected chi connectivity index (χ0v) is 28.7. The van der Waals surface area contributed by atoms with Gasteiger partial charge in [0.2, 0.25) is 5.91 Å². The first kappa shape index (κ1) is 33.0. The molecule has 1 amide bonds. The van der Waals surface area contributed by atoms with Crippen LogP contribution in [0.25, 0.3) is 6.08 Å². The van der Waals surface area contributed by atoms with E-state index in [2.05, 4.69) is 107 Å². The number of benzene rings is 2. The minimum absolute atomic E-state index is 0.169. The molecular formula is C38H53N5O2. The Bertz CT molecular complexity index is 1510. The maximum Gasteiger partial charge on any atom is 0.231 e. The molecule has 2 aliphatic heterocycles. The summed E-state index contributed by atoms with van der Waals surface area (Å²) in [6.45, 7) is 21.8. The second-order valence-corrected chi connectivity index (χ2v) is 13.8. The lowest BCUT2D eigenvalue weighted by molar-refractivity contribution is -0.119. The van der Waals surface area contributed by atoms with E-state index in [1.165, 1.54) is 33.4 Å². The number of carbonyl (C=O) groups excluding carboxylic acids is 1. The minimum atomic E-state index is -0.279. The van der Waals surface area contributed by atoms with Crippen LogP contribution >= 0.6 is 0 Å². The number of aliphatic imine (C=N–C) groups is 1. The molecule has 3 N–H and O–H groups in total. The fraction of sp³-hybridized carbons (Fsp3) is 0.526. The SMILES string of the molecule is CCC1=Cc2c(ccc(C(C)C)c2C2=NC(N3CCN(CC(N)=O)CC3)C(COc3cc(C(C)C)ccc3C)=C(C)N2)[C@H](C)C1. The zero-order valence-electron chi connectivity index (χ0n) is 28.7. The Hall–Kier alpha value is -3.42. The van der Waals surface area contributed by atoms with E-state index < -0.39 is 0 Å². The number of hydrogen-bond acceptors (Lipinski definition) is 6. The molecule has 7 heteroatoms. The molecule has 0 bridgehead atoms. The van der Waals surface area contributed by atoms with Crippen molar-refractivity contribution in [2.45, 2.75) is 92.2 Å². The lowest BCUT2D eigenvalue weighted by Gasteiger charge is -2.40. The van der Waals surface area contributed by atoms with Crippen LogP contribution in [0.4, 0.5) is 0 Å². The van der Waals surface area contributed by atoms with Crippen molar-refractivity contribution < 1.29 is 9.53 Å². The predicted octanol–water partition coefficient (Wildman–Crippen LogP) is 6.67. The highest BCUT2D eigenvalue weighted by Crippen LogP contribution is 2.40. The van der Waals surface area contributed by atoms with Gasteiger partial charge in [-0.25, -0.2) is 4.99 Å². The molecule has 1 aliphatic carbocycles. The van der Waals surface area contributed by atoms with Crippen molar-refractivity contribution in [2.75, 3.05) is 39.3 Å². The fourth-order valence-corrected chi connectivity index (χ4v) is 6.96. The summed E-state index contributed by atoms with van der Waals surface area (Å²) in [5.41, 5.74) is 17.0. The van der Waals surface area contributed by atoms with E-state index in [4.69, 9.17) is 15.5 Å². The van der Waals surface area contributed by atoms with Gasteiger partial charge in [0.15, 0.2) is 0 Å². The van der Waals surface area contributed by atoms with E-state index in [0.29, 0.717) is 30.9 Å². The molecule has 0 saturated carbocycles. The number of ether oxygens (including phenoxy) is 1. The summed E-state index contributed by atoms with van der Waals surface area (Å²) in [7, 11) is 0. The number of nitrogens with one attached hydrogen (secondary N) is 1. The van der Waals surface area contributed by atoms with Crippen molar-refractivity contribution in [1.29, 1.82) is 0 Å². The van der Waals surface area contributed by atoms with E-state index in [9.17, 15) is 4.79 Å². The predicted molar refractivity (Wildman–Crippen MR) is 186 cm³/mol. The van der Waals surface area contributed by atoms with Crippen molar-refractivity contribution in [3.05, 3.63) is 80.6 Å². The molecule has 5 rings (SSSR count). The van der Waals surface area contributed by atoms with Gasteiger partial charge in [-0.2, -0.15) is 0 Å². The smallest absolute Gasteiger partial charge is 0.231 e. The van der Waals surface area contributed by atoms with Crippen LogP contribution in [0.15, 0.2) is 52.2 Å². The molecule has 2 aromatic rings. The van der Waals surface area contributed by atoms with Crippen LogP contribution < -0.4 is 15.8 Å². The number of hydrogen-bond donors (Lipinski definition) is 2. The van der Waals surface area contributed by atoms with Crippen molar-refractivity contribution in [3.8, 4) is 5.75 Å². The summed E-state index contributed by atoms with van der Waals surface area (Å²) in [5, 5.41) is 3.78. The Balaban J connectivity index is 1.55. The third-order valence-electron chi connectivity index (χ3n) is 9.82. The first-order valence-electron chi connectivity index (χ1n) is 16.9. The molecule has 2 aromatic carbocycles. The molecular weight excluding hydrogens is 558 g/mol. The monoisotopic (exact) mass is 611 g/mol. The third-order valence-corrected chi connectivity index (χ3v) is 9.82. The first-order chi connectivity index (χ1) is 21.5. The molecule has 1 fully saturated rings. The van der Waals surface area contributed by atoms with Crippen LogP contribution in [0.5, 0.6) is 5.75 Å². The van der Waals surface area contributed by atoms with Crippen LogP contribution in [0.3, 0.4) is 0 Å². The highest BCUT2D eigenvalue weighted by molar-refractivity contribution is 6.05. The van der Waals surface area contributed by atoms with Gasteiger partial charge in [0.05, 0.1) is 6.54 Å². The third kappa shape index (κ3) is 7.20. The van der Waals surface area contributed by atoms with Gasteiger partial charge in [-0.1, -0.05) is 77.5 Å². The van der Waals surface area contributed by atoms with Gasteiger partial charge in [0, 0.05) is 43.0 Å². The number of amidine groups is 1. The number of piperazine rings is 1. The molecule has 1 unspecified atom stereocenters. The topological polar surface area (TPSA) is 83.2 Å². The molecule has 0 aromatic heterocycles.